The highest BCUT2D eigenvalue weighted by Crippen LogP contribution is 2.39. The first kappa shape index (κ1) is 13.6. The summed E-state index contributed by atoms with van der Waals surface area (Å²) in [6.45, 7) is 2.23. The summed E-state index contributed by atoms with van der Waals surface area (Å²) in [7, 11) is 1.63. The molecule has 2 unspecified atom stereocenters. The number of methoxy groups -OCH3 is 1. The van der Waals surface area contributed by atoms with Crippen molar-refractivity contribution < 1.29 is 9.26 Å². The third-order valence-corrected chi connectivity index (χ3v) is 4.83. The molecule has 0 spiro atoms. The average molecular weight is 293 g/mol. The van der Waals surface area contributed by atoms with E-state index in [1.54, 1.807) is 7.11 Å². The molecule has 2 heterocycles. The average Bonchev–Trinajstić information content (AvgIpc) is 3.07. The van der Waals surface area contributed by atoms with Gasteiger partial charge in [0.1, 0.15) is 10.6 Å². The highest BCUT2D eigenvalue weighted by molar-refractivity contribution is 7.13. The standard InChI is InChI=1S/C14H19N3O2S/c1-9-4-3-6-14(15,8-9)13-16-12(19-17-13)11-10(18-2)5-7-20-11/h5,7,9H,3-4,6,8,15H2,1-2H3. The van der Waals surface area contributed by atoms with Crippen molar-refractivity contribution in [1.29, 1.82) is 0 Å². The molecule has 1 fully saturated rings. The Hall–Kier alpha value is -1.40. The van der Waals surface area contributed by atoms with Crippen LogP contribution in [0.3, 0.4) is 0 Å². The lowest BCUT2D eigenvalue weighted by molar-refractivity contribution is 0.222. The largest absolute Gasteiger partial charge is 0.495 e. The minimum atomic E-state index is -0.454. The van der Waals surface area contributed by atoms with Gasteiger partial charge in [0, 0.05) is 0 Å². The van der Waals surface area contributed by atoms with E-state index in [9.17, 15) is 0 Å². The lowest BCUT2D eigenvalue weighted by Crippen LogP contribution is -2.42. The molecule has 1 aliphatic rings. The zero-order valence-corrected chi connectivity index (χ0v) is 12.6. The summed E-state index contributed by atoms with van der Waals surface area (Å²) in [4.78, 5) is 5.38. The molecule has 1 aliphatic carbocycles. The SMILES string of the molecule is COc1ccsc1-c1nc(C2(N)CCCC(C)C2)no1. The minimum absolute atomic E-state index is 0.454. The van der Waals surface area contributed by atoms with Gasteiger partial charge in [-0.05, 0) is 30.2 Å². The maximum absolute atomic E-state index is 6.50. The normalized spacial score (nSPS) is 26.6. The van der Waals surface area contributed by atoms with Crippen molar-refractivity contribution in [1.82, 2.24) is 10.1 Å². The molecule has 3 rings (SSSR count). The van der Waals surface area contributed by atoms with Crippen LogP contribution < -0.4 is 10.5 Å². The summed E-state index contributed by atoms with van der Waals surface area (Å²) in [5, 5.41) is 6.06. The fourth-order valence-electron chi connectivity index (χ4n) is 2.93. The number of nitrogens with two attached hydrogens (primary N) is 1. The van der Waals surface area contributed by atoms with Crippen molar-refractivity contribution in [3.63, 3.8) is 0 Å². The summed E-state index contributed by atoms with van der Waals surface area (Å²) in [5.41, 5.74) is 6.04. The van der Waals surface area contributed by atoms with E-state index in [0.29, 0.717) is 17.6 Å². The number of ether oxygens (including phenoxy) is 1. The Morgan fingerprint density at radius 3 is 3.15 bits per heavy atom. The van der Waals surface area contributed by atoms with Gasteiger partial charge in [-0.15, -0.1) is 11.3 Å². The first-order chi connectivity index (χ1) is 9.62. The summed E-state index contributed by atoms with van der Waals surface area (Å²) >= 11 is 1.52. The van der Waals surface area contributed by atoms with Crippen molar-refractivity contribution in [3.05, 3.63) is 17.3 Å². The molecule has 2 aromatic rings. The second-order valence-electron chi connectivity index (χ2n) is 5.60. The van der Waals surface area contributed by atoms with Gasteiger partial charge >= 0.3 is 0 Å². The first-order valence-corrected chi connectivity index (χ1v) is 7.75. The Morgan fingerprint density at radius 1 is 1.55 bits per heavy atom. The topological polar surface area (TPSA) is 74.2 Å². The quantitative estimate of drug-likeness (QED) is 0.940. The van der Waals surface area contributed by atoms with Gasteiger partial charge < -0.3 is 15.0 Å². The Kier molecular flexibility index (Phi) is 3.52. The number of hydrogen-bond acceptors (Lipinski definition) is 6. The highest BCUT2D eigenvalue weighted by Gasteiger charge is 2.37. The van der Waals surface area contributed by atoms with E-state index in [0.717, 1.165) is 29.9 Å². The second kappa shape index (κ2) is 5.18. The number of rotatable bonds is 3. The fourth-order valence-corrected chi connectivity index (χ4v) is 3.71. The molecule has 0 aromatic carbocycles. The molecule has 0 amide bonds. The summed E-state index contributed by atoms with van der Waals surface area (Å²) in [6.07, 6.45) is 4.16. The monoisotopic (exact) mass is 293 g/mol. The smallest absolute Gasteiger partial charge is 0.271 e. The van der Waals surface area contributed by atoms with E-state index < -0.39 is 5.54 Å². The molecule has 0 aliphatic heterocycles. The number of thiophene rings is 1. The predicted octanol–water partition coefficient (Wildman–Crippen LogP) is 3.17. The van der Waals surface area contributed by atoms with E-state index in [-0.39, 0.29) is 0 Å². The Balaban J connectivity index is 1.90. The molecular formula is C14H19N3O2S. The molecule has 5 nitrogen and oxygen atoms in total. The van der Waals surface area contributed by atoms with Gasteiger partial charge in [0.2, 0.25) is 0 Å². The molecule has 0 radical (unpaired) electrons. The van der Waals surface area contributed by atoms with E-state index >= 15 is 0 Å². The fraction of sp³-hybridized carbons (Fsp3) is 0.571. The van der Waals surface area contributed by atoms with Crippen molar-refractivity contribution in [2.75, 3.05) is 7.11 Å². The lowest BCUT2D eigenvalue weighted by Gasteiger charge is -2.33. The van der Waals surface area contributed by atoms with Crippen LogP contribution in [0.2, 0.25) is 0 Å². The highest BCUT2D eigenvalue weighted by atomic mass is 32.1. The van der Waals surface area contributed by atoms with Crippen molar-refractivity contribution in [2.24, 2.45) is 11.7 Å². The molecule has 108 valence electrons. The van der Waals surface area contributed by atoms with Gasteiger partial charge in [0.15, 0.2) is 5.82 Å². The number of hydrogen-bond donors (Lipinski definition) is 1. The van der Waals surface area contributed by atoms with Crippen LogP contribution in [0, 0.1) is 5.92 Å². The molecular weight excluding hydrogens is 274 g/mol. The first-order valence-electron chi connectivity index (χ1n) is 6.87. The summed E-state index contributed by atoms with van der Waals surface area (Å²) < 4.78 is 10.7. The molecule has 0 saturated heterocycles. The third kappa shape index (κ3) is 2.33. The summed E-state index contributed by atoms with van der Waals surface area (Å²) in [5.74, 6) is 2.48. The van der Waals surface area contributed by atoms with Crippen LogP contribution in [0.25, 0.3) is 10.8 Å². The maximum atomic E-state index is 6.50. The van der Waals surface area contributed by atoms with Crippen LogP contribution >= 0.6 is 11.3 Å². The molecule has 0 bridgehead atoms. The zero-order valence-electron chi connectivity index (χ0n) is 11.8. The molecule has 6 heteroatoms. The molecule has 2 atom stereocenters. The molecule has 20 heavy (non-hydrogen) atoms. The van der Waals surface area contributed by atoms with Crippen LogP contribution in [0.4, 0.5) is 0 Å². The molecule has 1 saturated carbocycles. The van der Waals surface area contributed by atoms with Gasteiger partial charge in [0.25, 0.3) is 5.89 Å². The predicted molar refractivity (Wildman–Crippen MR) is 77.7 cm³/mol. The van der Waals surface area contributed by atoms with Crippen LogP contribution in [0.15, 0.2) is 16.0 Å². The van der Waals surface area contributed by atoms with Gasteiger partial charge in [0.05, 0.1) is 12.6 Å². The number of aromatic nitrogens is 2. The minimum Gasteiger partial charge on any atom is -0.495 e. The van der Waals surface area contributed by atoms with Crippen molar-refractivity contribution in [3.8, 4) is 16.5 Å². The van der Waals surface area contributed by atoms with Gasteiger partial charge in [-0.25, -0.2) is 0 Å². The molecule has 2 N–H and O–H groups in total. The third-order valence-electron chi connectivity index (χ3n) is 3.95. The van der Waals surface area contributed by atoms with Crippen LogP contribution in [-0.2, 0) is 5.54 Å². The Morgan fingerprint density at radius 2 is 2.40 bits per heavy atom. The van der Waals surface area contributed by atoms with Gasteiger partial charge in [-0.1, -0.05) is 24.9 Å². The zero-order chi connectivity index (χ0) is 14.2. The maximum Gasteiger partial charge on any atom is 0.271 e. The van der Waals surface area contributed by atoms with E-state index in [4.69, 9.17) is 15.0 Å². The van der Waals surface area contributed by atoms with Crippen molar-refractivity contribution >= 4 is 11.3 Å². The molecule has 2 aromatic heterocycles. The van der Waals surface area contributed by atoms with Crippen molar-refractivity contribution in [2.45, 2.75) is 38.1 Å². The second-order valence-corrected chi connectivity index (χ2v) is 6.52. The number of nitrogens with zero attached hydrogens (tertiary/aromatic N) is 2. The summed E-state index contributed by atoms with van der Waals surface area (Å²) in [6, 6.07) is 1.89. The Bertz CT molecular complexity index is 595. The van der Waals surface area contributed by atoms with E-state index in [1.165, 1.54) is 17.8 Å². The van der Waals surface area contributed by atoms with Gasteiger partial charge in [-0.3, -0.25) is 0 Å². The van der Waals surface area contributed by atoms with E-state index in [2.05, 4.69) is 17.1 Å². The van der Waals surface area contributed by atoms with Crippen LogP contribution in [-0.4, -0.2) is 17.3 Å². The lowest BCUT2D eigenvalue weighted by atomic mass is 9.76. The Labute approximate surface area is 122 Å². The van der Waals surface area contributed by atoms with Gasteiger partial charge in [-0.2, -0.15) is 4.98 Å². The van der Waals surface area contributed by atoms with Crippen LogP contribution in [0.5, 0.6) is 5.75 Å². The van der Waals surface area contributed by atoms with Crippen LogP contribution in [0.1, 0.15) is 38.4 Å². The van der Waals surface area contributed by atoms with E-state index in [1.807, 2.05) is 11.4 Å².